The molecular weight excluding hydrogens is 454 g/mol. The number of anilines is 1. The van der Waals surface area contributed by atoms with Gasteiger partial charge in [-0.15, -0.1) is 0 Å². The standard InChI is InChI=1S/C21H20BrN3O3S/c22-17-5-8-19(9-6-17)29(27,28)25-12-2-4-16(14-25)21(26)24-18-7-10-20-15(13-18)3-1-11-23-20/h1,3,5-11,13,16H,2,4,12,14H2,(H,24,26). The van der Waals surface area contributed by atoms with Gasteiger partial charge in [0.05, 0.1) is 16.3 Å². The third-order valence-corrected chi connectivity index (χ3v) is 7.48. The zero-order chi connectivity index (χ0) is 20.4. The molecule has 8 heteroatoms. The Hall–Kier alpha value is -2.29. The van der Waals surface area contributed by atoms with E-state index in [1.54, 1.807) is 30.5 Å². The Kier molecular flexibility index (Phi) is 5.67. The second-order valence-electron chi connectivity index (χ2n) is 7.06. The highest BCUT2D eigenvalue weighted by Gasteiger charge is 2.33. The highest BCUT2D eigenvalue weighted by atomic mass is 79.9. The normalized spacial score (nSPS) is 17.9. The van der Waals surface area contributed by atoms with Crippen LogP contribution in [0.1, 0.15) is 12.8 Å². The van der Waals surface area contributed by atoms with Gasteiger partial charge in [0.2, 0.25) is 15.9 Å². The molecule has 1 amide bonds. The van der Waals surface area contributed by atoms with Gasteiger partial charge in [-0.05, 0) is 61.4 Å². The van der Waals surface area contributed by atoms with Crippen LogP contribution in [0.15, 0.2) is 70.2 Å². The molecule has 1 N–H and O–H groups in total. The van der Waals surface area contributed by atoms with Gasteiger partial charge in [0, 0.05) is 34.8 Å². The van der Waals surface area contributed by atoms with Crippen LogP contribution >= 0.6 is 15.9 Å². The molecule has 1 aliphatic rings. The van der Waals surface area contributed by atoms with Gasteiger partial charge in [-0.25, -0.2) is 8.42 Å². The van der Waals surface area contributed by atoms with Crippen LogP contribution < -0.4 is 5.32 Å². The highest BCUT2D eigenvalue weighted by Crippen LogP contribution is 2.26. The minimum atomic E-state index is -3.62. The highest BCUT2D eigenvalue weighted by molar-refractivity contribution is 9.10. The molecule has 3 aromatic rings. The van der Waals surface area contributed by atoms with Crippen molar-refractivity contribution in [2.75, 3.05) is 18.4 Å². The molecule has 150 valence electrons. The average Bonchev–Trinajstić information content (AvgIpc) is 2.74. The van der Waals surface area contributed by atoms with Crippen LogP contribution in [0.2, 0.25) is 0 Å². The summed E-state index contributed by atoms with van der Waals surface area (Å²) in [6.07, 6.45) is 3.03. The van der Waals surface area contributed by atoms with E-state index >= 15 is 0 Å². The van der Waals surface area contributed by atoms with Crippen LogP contribution in [0.4, 0.5) is 5.69 Å². The Bertz CT molecular complexity index is 1150. The van der Waals surface area contributed by atoms with E-state index in [4.69, 9.17) is 0 Å². The SMILES string of the molecule is O=C(Nc1ccc2ncccc2c1)C1CCCN(S(=O)(=O)c2ccc(Br)cc2)C1. The Morgan fingerprint density at radius 1 is 1.14 bits per heavy atom. The first-order valence-corrected chi connectivity index (χ1v) is 11.6. The molecule has 6 nitrogen and oxygen atoms in total. The number of pyridine rings is 1. The fraction of sp³-hybridized carbons (Fsp3) is 0.238. The third-order valence-electron chi connectivity index (χ3n) is 5.08. The number of nitrogens with one attached hydrogen (secondary N) is 1. The number of sulfonamides is 1. The molecule has 1 aliphatic heterocycles. The molecule has 0 spiro atoms. The molecule has 2 aromatic carbocycles. The number of hydrogen-bond acceptors (Lipinski definition) is 4. The number of hydrogen-bond donors (Lipinski definition) is 1. The third kappa shape index (κ3) is 4.34. The van der Waals surface area contributed by atoms with Crippen LogP contribution in [0.3, 0.4) is 0 Å². The van der Waals surface area contributed by atoms with Crippen molar-refractivity contribution in [2.24, 2.45) is 5.92 Å². The van der Waals surface area contributed by atoms with E-state index in [1.807, 2.05) is 30.3 Å². The van der Waals surface area contributed by atoms with Crippen molar-refractivity contribution in [1.82, 2.24) is 9.29 Å². The molecule has 4 rings (SSSR count). The van der Waals surface area contributed by atoms with Gasteiger partial charge in [0.15, 0.2) is 0 Å². The van der Waals surface area contributed by atoms with E-state index in [-0.39, 0.29) is 17.3 Å². The predicted octanol–water partition coefficient (Wildman–Crippen LogP) is 4.04. The molecule has 29 heavy (non-hydrogen) atoms. The maximum absolute atomic E-state index is 12.9. The van der Waals surface area contributed by atoms with Gasteiger partial charge in [-0.3, -0.25) is 9.78 Å². The number of carbonyl (C=O) groups is 1. The number of aromatic nitrogens is 1. The molecule has 1 atom stereocenters. The molecule has 1 saturated heterocycles. The summed E-state index contributed by atoms with van der Waals surface area (Å²) in [6.45, 7) is 0.600. The van der Waals surface area contributed by atoms with Crippen LogP contribution in [0, 0.1) is 5.92 Å². The van der Waals surface area contributed by atoms with Gasteiger partial charge >= 0.3 is 0 Å². The fourth-order valence-corrected chi connectivity index (χ4v) is 5.32. The maximum Gasteiger partial charge on any atom is 0.243 e. The maximum atomic E-state index is 12.9. The molecule has 0 saturated carbocycles. The summed E-state index contributed by atoms with van der Waals surface area (Å²) in [4.78, 5) is 17.3. The van der Waals surface area contributed by atoms with E-state index in [0.717, 1.165) is 15.4 Å². The number of amides is 1. The summed E-state index contributed by atoms with van der Waals surface area (Å²) in [7, 11) is -3.62. The van der Waals surface area contributed by atoms with Gasteiger partial charge in [0.1, 0.15) is 0 Å². The smallest absolute Gasteiger partial charge is 0.243 e. The van der Waals surface area contributed by atoms with Crippen molar-refractivity contribution in [3.63, 3.8) is 0 Å². The average molecular weight is 474 g/mol. The number of rotatable bonds is 4. The lowest BCUT2D eigenvalue weighted by atomic mass is 9.98. The predicted molar refractivity (Wildman–Crippen MR) is 116 cm³/mol. The first-order chi connectivity index (χ1) is 13.9. The summed E-state index contributed by atoms with van der Waals surface area (Å²) >= 11 is 3.32. The number of carbonyl (C=O) groups excluding carboxylic acids is 1. The van der Waals surface area contributed by atoms with Gasteiger partial charge in [-0.1, -0.05) is 22.0 Å². The molecule has 0 aliphatic carbocycles. The summed E-state index contributed by atoms with van der Waals surface area (Å²) in [5.41, 5.74) is 1.54. The fourth-order valence-electron chi connectivity index (χ4n) is 3.53. The molecule has 1 unspecified atom stereocenters. The number of fused-ring (bicyclic) bond motifs is 1. The molecule has 0 bridgehead atoms. The summed E-state index contributed by atoms with van der Waals surface area (Å²) in [6, 6.07) is 15.9. The Labute approximate surface area is 178 Å². The quantitative estimate of drug-likeness (QED) is 0.619. The van der Waals surface area contributed by atoms with Crippen molar-refractivity contribution in [2.45, 2.75) is 17.7 Å². The first-order valence-electron chi connectivity index (χ1n) is 9.35. The second-order valence-corrected chi connectivity index (χ2v) is 9.91. The topological polar surface area (TPSA) is 79.4 Å². The Morgan fingerprint density at radius 3 is 2.72 bits per heavy atom. The van der Waals surface area contributed by atoms with E-state index in [2.05, 4.69) is 26.2 Å². The van der Waals surface area contributed by atoms with E-state index in [0.29, 0.717) is 25.1 Å². The van der Waals surface area contributed by atoms with E-state index in [1.165, 1.54) is 4.31 Å². The van der Waals surface area contributed by atoms with Crippen molar-refractivity contribution in [1.29, 1.82) is 0 Å². The Balaban J connectivity index is 1.48. The molecule has 2 heterocycles. The van der Waals surface area contributed by atoms with E-state index in [9.17, 15) is 13.2 Å². The van der Waals surface area contributed by atoms with E-state index < -0.39 is 15.9 Å². The van der Waals surface area contributed by atoms with Gasteiger partial charge < -0.3 is 5.32 Å². The monoisotopic (exact) mass is 473 g/mol. The number of halogens is 1. The molecule has 1 fully saturated rings. The lowest BCUT2D eigenvalue weighted by molar-refractivity contribution is -0.120. The zero-order valence-corrected chi connectivity index (χ0v) is 18.0. The zero-order valence-electron chi connectivity index (χ0n) is 15.6. The largest absolute Gasteiger partial charge is 0.326 e. The van der Waals surface area contributed by atoms with Gasteiger partial charge in [0.25, 0.3) is 0 Å². The lowest BCUT2D eigenvalue weighted by Gasteiger charge is -2.31. The Morgan fingerprint density at radius 2 is 1.93 bits per heavy atom. The van der Waals surface area contributed by atoms with Crippen LogP contribution in [-0.4, -0.2) is 36.7 Å². The number of benzene rings is 2. The van der Waals surface area contributed by atoms with Crippen molar-refractivity contribution in [3.05, 3.63) is 65.3 Å². The van der Waals surface area contributed by atoms with Crippen LogP contribution in [0.5, 0.6) is 0 Å². The molecule has 1 aromatic heterocycles. The second kappa shape index (κ2) is 8.22. The van der Waals surface area contributed by atoms with Crippen LogP contribution in [0.25, 0.3) is 10.9 Å². The number of piperidine rings is 1. The minimum absolute atomic E-state index is 0.163. The number of nitrogens with zero attached hydrogens (tertiary/aromatic N) is 2. The lowest BCUT2D eigenvalue weighted by Crippen LogP contribution is -2.43. The van der Waals surface area contributed by atoms with Crippen LogP contribution in [-0.2, 0) is 14.8 Å². The minimum Gasteiger partial charge on any atom is -0.326 e. The summed E-state index contributed by atoms with van der Waals surface area (Å²) in [5.74, 6) is -0.553. The van der Waals surface area contributed by atoms with Gasteiger partial charge in [-0.2, -0.15) is 4.31 Å². The van der Waals surface area contributed by atoms with Crippen molar-refractivity contribution < 1.29 is 13.2 Å². The molecule has 0 radical (unpaired) electrons. The van der Waals surface area contributed by atoms with Crippen molar-refractivity contribution >= 4 is 48.5 Å². The van der Waals surface area contributed by atoms with Crippen molar-refractivity contribution in [3.8, 4) is 0 Å². The molecular formula is C21H20BrN3O3S. The first kappa shape index (κ1) is 20.0. The summed E-state index contributed by atoms with van der Waals surface area (Å²) in [5, 5.41) is 3.87. The summed E-state index contributed by atoms with van der Waals surface area (Å²) < 4.78 is 28.1.